The van der Waals surface area contributed by atoms with Crippen molar-refractivity contribution in [2.45, 2.75) is 52.5 Å². The first-order valence-electron chi connectivity index (χ1n) is 7.87. The molecule has 0 heterocycles. The predicted octanol–water partition coefficient (Wildman–Crippen LogP) is 2.07. The normalized spacial score (nSPS) is 26.5. The minimum Gasteiger partial charge on any atom is -0.329 e. The van der Waals surface area contributed by atoms with Crippen LogP contribution in [0.2, 0.25) is 0 Å². The molecule has 0 aromatic rings. The van der Waals surface area contributed by atoms with Crippen LogP contribution in [0.1, 0.15) is 46.5 Å². The number of hydrogen-bond acceptors (Lipinski definition) is 3. The molecule has 18 heavy (non-hydrogen) atoms. The van der Waals surface area contributed by atoms with Gasteiger partial charge in [-0.2, -0.15) is 0 Å². The van der Waals surface area contributed by atoms with Crippen molar-refractivity contribution in [3.8, 4) is 0 Å². The summed E-state index contributed by atoms with van der Waals surface area (Å²) in [4.78, 5) is 2.46. The second kappa shape index (κ2) is 8.89. The highest BCUT2D eigenvalue weighted by Crippen LogP contribution is 2.30. The maximum Gasteiger partial charge on any atom is 0.0219 e. The Kier molecular flexibility index (Phi) is 7.87. The fourth-order valence-electron chi connectivity index (χ4n) is 3.24. The van der Waals surface area contributed by atoms with Crippen molar-refractivity contribution in [3.05, 3.63) is 0 Å². The monoisotopic (exact) mass is 255 g/mol. The Balaban J connectivity index is 2.28. The van der Waals surface area contributed by atoms with Gasteiger partial charge in [0.2, 0.25) is 0 Å². The van der Waals surface area contributed by atoms with Gasteiger partial charge in [0.05, 0.1) is 0 Å². The third kappa shape index (κ3) is 5.25. The molecule has 3 N–H and O–H groups in total. The Morgan fingerprint density at radius 3 is 2.56 bits per heavy atom. The van der Waals surface area contributed by atoms with Gasteiger partial charge < -0.3 is 16.0 Å². The summed E-state index contributed by atoms with van der Waals surface area (Å²) in [7, 11) is 0. The van der Waals surface area contributed by atoms with Gasteiger partial charge in [0.25, 0.3) is 0 Å². The van der Waals surface area contributed by atoms with Crippen molar-refractivity contribution in [1.29, 1.82) is 0 Å². The zero-order valence-corrected chi connectivity index (χ0v) is 12.6. The van der Waals surface area contributed by atoms with Crippen molar-refractivity contribution >= 4 is 0 Å². The van der Waals surface area contributed by atoms with Gasteiger partial charge in [0.15, 0.2) is 0 Å². The zero-order valence-electron chi connectivity index (χ0n) is 12.6. The largest absolute Gasteiger partial charge is 0.329 e. The molecular formula is C15H33N3. The maximum absolute atomic E-state index is 5.95. The fraction of sp³-hybridized carbons (Fsp3) is 1.00. The van der Waals surface area contributed by atoms with Crippen molar-refractivity contribution < 1.29 is 0 Å². The first-order valence-corrected chi connectivity index (χ1v) is 7.87. The van der Waals surface area contributed by atoms with Gasteiger partial charge in [-0.05, 0) is 37.8 Å². The van der Waals surface area contributed by atoms with Crippen LogP contribution in [0.15, 0.2) is 0 Å². The lowest BCUT2D eigenvalue weighted by atomic mass is 9.78. The average Bonchev–Trinajstić information content (AvgIpc) is 2.39. The lowest BCUT2D eigenvalue weighted by Gasteiger charge is -2.33. The van der Waals surface area contributed by atoms with Gasteiger partial charge in [-0.3, -0.25) is 0 Å². The number of likely N-dealkylation sites (N-methyl/N-ethyl adjacent to an activating group) is 1. The molecule has 3 nitrogen and oxygen atoms in total. The number of rotatable bonds is 8. The Morgan fingerprint density at radius 1 is 1.28 bits per heavy atom. The summed E-state index contributed by atoms with van der Waals surface area (Å²) in [5.41, 5.74) is 5.95. The molecule has 3 unspecified atom stereocenters. The lowest BCUT2D eigenvalue weighted by molar-refractivity contribution is 0.216. The summed E-state index contributed by atoms with van der Waals surface area (Å²) in [6, 6.07) is 0.531. The topological polar surface area (TPSA) is 41.3 Å². The highest BCUT2D eigenvalue weighted by molar-refractivity contribution is 4.82. The van der Waals surface area contributed by atoms with Crippen LogP contribution in [-0.2, 0) is 0 Å². The van der Waals surface area contributed by atoms with Crippen LogP contribution in [0, 0.1) is 11.8 Å². The molecule has 3 heteroatoms. The molecule has 1 rings (SSSR count). The quantitative estimate of drug-likeness (QED) is 0.698. The average molecular weight is 255 g/mol. The van der Waals surface area contributed by atoms with Crippen LogP contribution in [0.3, 0.4) is 0 Å². The summed E-state index contributed by atoms with van der Waals surface area (Å²) in [6.45, 7) is 12.1. The number of nitrogens with one attached hydrogen (secondary N) is 1. The number of nitrogens with zero attached hydrogens (tertiary/aromatic N) is 1. The molecule has 0 radical (unpaired) electrons. The minimum atomic E-state index is 0.531. The van der Waals surface area contributed by atoms with E-state index in [9.17, 15) is 0 Å². The molecule has 3 atom stereocenters. The van der Waals surface area contributed by atoms with Crippen LogP contribution in [-0.4, -0.2) is 43.7 Å². The van der Waals surface area contributed by atoms with Crippen LogP contribution in [0.25, 0.3) is 0 Å². The van der Waals surface area contributed by atoms with Crippen LogP contribution in [0.4, 0.5) is 0 Å². The summed E-state index contributed by atoms with van der Waals surface area (Å²) >= 11 is 0. The Labute approximate surface area is 113 Å². The summed E-state index contributed by atoms with van der Waals surface area (Å²) in [6.07, 6.45) is 5.53. The molecule has 0 bridgehead atoms. The van der Waals surface area contributed by atoms with E-state index in [0.29, 0.717) is 6.04 Å². The van der Waals surface area contributed by atoms with Gasteiger partial charge in [-0.15, -0.1) is 0 Å². The highest BCUT2D eigenvalue weighted by Gasteiger charge is 2.25. The van der Waals surface area contributed by atoms with Crippen molar-refractivity contribution in [2.24, 2.45) is 17.6 Å². The Hall–Kier alpha value is -0.120. The van der Waals surface area contributed by atoms with Crippen LogP contribution < -0.4 is 11.1 Å². The smallest absolute Gasteiger partial charge is 0.0219 e. The third-order valence-electron chi connectivity index (χ3n) is 4.53. The maximum atomic E-state index is 5.95. The highest BCUT2D eigenvalue weighted by atomic mass is 15.1. The molecule has 0 aromatic heterocycles. The van der Waals surface area contributed by atoms with Crippen LogP contribution >= 0.6 is 0 Å². The molecule has 1 saturated carbocycles. The van der Waals surface area contributed by atoms with Crippen molar-refractivity contribution in [3.63, 3.8) is 0 Å². The van der Waals surface area contributed by atoms with E-state index in [4.69, 9.17) is 5.73 Å². The van der Waals surface area contributed by atoms with Crippen molar-refractivity contribution in [1.82, 2.24) is 10.2 Å². The van der Waals surface area contributed by atoms with Gasteiger partial charge in [0.1, 0.15) is 0 Å². The van der Waals surface area contributed by atoms with E-state index in [1.165, 1.54) is 25.7 Å². The molecule has 0 spiro atoms. The fourth-order valence-corrected chi connectivity index (χ4v) is 3.24. The van der Waals surface area contributed by atoms with Gasteiger partial charge >= 0.3 is 0 Å². The van der Waals surface area contributed by atoms with Crippen molar-refractivity contribution in [2.75, 3.05) is 32.7 Å². The van der Waals surface area contributed by atoms with E-state index < -0.39 is 0 Å². The third-order valence-corrected chi connectivity index (χ3v) is 4.53. The second-order valence-electron chi connectivity index (χ2n) is 5.86. The molecule has 0 aliphatic heterocycles. The van der Waals surface area contributed by atoms with Gasteiger partial charge in [0, 0.05) is 25.7 Å². The van der Waals surface area contributed by atoms with E-state index in [2.05, 4.69) is 31.0 Å². The SMILES string of the molecule is CCN(CC)CCNC(CN)C1CCCC(C)C1. The van der Waals surface area contributed by atoms with E-state index >= 15 is 0 Å². The van der Waals surface area contributed by atoms with E-state index in [0.717, 1.165) is 44.6 Å². The first kappa shape index (κ1) is 15.9. The summed E-state index contributed by atoms with van der Waals surface area (Å²) in [5, 5.41) is 3.69. The summed E-state index contributed by atoms with van der Waals surface area (Å²) < 4.78 is 0. The molecule has 0 saturated heterocycles. The lowest BCUT2D eigenvalue weighted by Crippen LogP contribution is -2.46. The first-order chi connectivity index (χ1) is 8.71. The van der Waals surface area contributed by atoms with E-state index in [-0.39, 0.29) is 0 Å². The van der Waals surface area contributed by atoms with Crippen LogP contribution in [0.5, 0.6) is 0 Å². The van der Waals surface area contributed by atoms with Gasteiger partial charge in [-0.1, -0.05) is 33.6 Å². The minimum absolute atomic E-state index is 0.531. The standard InChI is InChI=1S/C15H33N3/c1-4-18(5-2)10-9-17-15(12-16)14-8-6-7-13(3)11-14/h13-15,17H,4-12,16H2,1-3H3. The molecule has 1 aliphatic rings. The second-order valence-corrected chi connectivity index (χ2v) is 5.86. The molecule has 0 amide bonds. The number of nitrogens with two attached hydrogens (primary N) is 1. The number of hydrogen-bond donors (Lipinski definition) is 2. The zero-order chi connectivity index (χ0) is 13.4. The van der Waals surface area contributed by atoms with Gasteiger partial charge in [-0.25, -0.2) is 0 Å². The predicted molar refractivity (Wildman–Crippen MR) is 79.8 cm³/mol. The van der Waals surface area contributed by atoms with E-state index in [1.807, 2.05) is 0 Å². The summed E-state index contributed by atoms with van der Waals surface area (Å²) in [5.74, 6) is 1.69. The molecule has 1 fully saturated rings. The molecule has 108 valence electrons. The molecule has 1 aliphatic carbocycles. The van der Waals surface area contributed by atoms with E-state index in [1.54, 1.807) is 0 Å². The molecule has 0 aromatic carbocycles. The Morgan fingerprint density at radius 2 is 2.00 bits per heavy atom. The Bertz CT molecular complexity index is 204. The molecular weight excluding hydrogens is 222 g/mol.